The minimum absolute atomic E-state index is 0.0571. The van der Waals surface area contributed by atoms with Gasteiger partial charge in [0.2, 0.25) is 0 Å². The Kier molecular flexibility index (Phi) is 4.50. The van der Waals surface area contributed by atoms with E-state index < -0.39 is 12.0 Å². The van der Waals surface area contributed by atoms with Crippen LogP contribution >= 0.6 is 0 Å². The second kappa shape index (κ2) is 5.66. The molecule has 3 heteroatoms. The highest BCUT2D eigenvalue weighted by molar-refractivity contribution is 5.73. The lowest BCUT2D eigenvalue weighted by molar-refractivity contribution is -0.139. The number of carbonyl (C=O) groups is 1. The topological polar surface area (TPSA) is 49.3 Å². The molecule has 0 aliphatic carbocycles. The van der Waals surface area contributed by atoms with E-state index in [4.69, 9.17) is 5.11 Å². The third-order valence-corrected chi connectivity index (χ3v) is 2.73. The zero-order chi connectivity index (χ0) is 12.1. The van der Waals surface area contributed by atoms with Crippen LogP contribution in [0.1, 0.15) is 37.4 Å². The Labute approximate surface area is 96.5 Å². The molecule has 0 amide bonds. The van der Waals surface area contributed by atoms with Gasteiger partial charge < -0.3 is 5.11 Å². The van der Waals surface area contributed by atoms with Gasteiger partial charge in [0.05, 0.1) is 0 Å². The van der Waals surface area contributed by atoms with Crippen LogP contribution in [0.2, 0.25) is 0 Å². The second-order valence-electron chi connectivity index (χ2n) is 4.10. The number of aliphatic carboxylic acids is 1. The van der Waals surface area contributed by atoms with Crippen LogP contribution in [-0.2, 0) is 4.79 Å². The first-order valence-electron chi connectivity index (χ1n) is 5.60. The van der Waals surface area contributed by atoms with Gasteiger partial charge in [0.15, 0.2) is 0 Å². The lowest BCUT2D eigenvalue weighted by atomic mass is 10.1. The normalized spacial score (nSPS) is 14.4. The maximum Gasteiger partial charge on any atom is 0.320 e. The third-order valence-electron chi connectivity index (χ3n) is 2.73. The molecule has 3 nitrogen and oxygen atoms in total. The predicted octanol–water partition coefficient (Wildman–Crippen LogP) is 2.51. The first kappa shape index (κ1) is 12.7. The molecule has 1 aromatic rings. The van der Waals surface area contributed by atoms with Crippen molar-refractivity contribution < 1.29 is 9.90 Å². The first-order valence-corrected chi connectivity index (χ1v) is 5.60. The van der Waals surface area contributed by atoms with E-state index in [-0.39, 0.29) is 6.04 Å². The van der Waals surface area contributed by atoms with Crippen molar-refractivity contribution in [1.29, 1.82) is 0 Å². The summed E-state index contributed by atoms with van der Waals surface area (Å²) in [6.07, 6.45) is 0.589. The fourth-order valence-electron chi connectivity index (χ4n) is 1.62. The van der Waals surface area contributed by atoms with Gasteiger partial charge >= 0.3 is 5.97 Å². The summed E-state index contributed by atoms with van der Waals surface area (Å²) in [5.74, 6) is -0.790. The van der Waals surface area contributed by atoms with Crippen LogP contribution in [0, 0.1) is 6.92 Å². The zero-order valence-electron chi connectivity index (χ0n) is 10.0. The summed E-state index contributed by atoms with van der Waals surface area (Å²) >= 11 is 0. The van der Waals surface area contributed by atoms with Crippen LogP contribution in [0.3, 0.4) is 0 Å². The van der Waals surface area contributed by atoms with E-state index in [1.54, 1.807) is 0 Å². The average molecular weight is 221 g/mol. The van der Waals surface area contributed by atoms with Gasteiger partial charge in [-0.3, -0.25) is 10.1 Å². The first-order chi connectivity index (χ1) is 7.54. The van der Waals surface area contributed by atoms with E-state index in [1.807, 2.05) is 45.0 Å². The summed E-state index contributed by atoms with van der Waals surface area (Å²) in [4.78, 5) is 10.9. The molecular formula is C13H19NO2. The molecule has 0 saturated heterocycles. The number of rotatable bonds is 5. The van der Waals surface area contributed by atoms with Gasteiger partial charge in [-0.2, -0.15) is 0 Å². The Hall–Kier alpha value is -1.35. The molecule has 0 aliphatic rings. The van der Waals surface area contributed by atoms with Crippen molar-refractivity contribution in [2.75, 3.05) is 0 Å². The standard InChI is InChI=1S/C13H19NO2/c1-4-12(13(15)16)14-10(3)11-7-5-9(2)6-8-11/h5-8,10,12,14H,4H2,1-3H3,(H,15,16). The quantitative estimate of drug-likeness (QED) is 0.803. The lowest BCUT2D eigenvalue weighted by Crippen LogP contribution is -2.37. The minimum Gasteiger partial charge on any atom is -0.480 e. The van der Waals surface area contributed by atoms with Crippen LogP contribution in [-0.4, -0.2) is 17.1 Å². The molecule has 0 saturated carbocycles. The number of aryl methyl sites for hydroxylation is 1. The smallest absolute Gasteiger partial charge is 0.320 e. The van der Waals surface area contributed by atoms with Crippen molar-refractivity contribution in [3.8, 4) is 0 Å². The molecule has 2 N–H and O–H groups in total. The molecule has 0 fully saturated rings. The summed E-state index contributed by atoms with van der Waals surface area (Å²) in [5.41, 5.74) is 2.33. The number of hydrogen-bond donors (Lipinski definition) is 2. The van der Waals surface area contributed by atoms with E-state index in [9.17, 15) is 4.79 Å². The van der Waals surface area contributed by atoms with E-state index in [0.29, 0.717) is 6.42 Å². The van der Waals surface area contributed by atoms with Crippen molar-refractivity contribution in [1.82, 2.24) is 5.32 Å². The summed E-state index contributed by atoms with van der Waals surface area (Å²) < 4.78 is 0. The van der Waals surface area contributed by atoms with Crippen LogP contribution in [0.25, 0.3) is 0 Å². The van der Waals surface area contributed by atoms with Crippen molar-refractivity contribution in [2.24, 2.45) is 0 Å². The number of benzene rings is 1. The summed E-state index contributed by atoms with van der Waals surface area (Å²) in [6.45, 7) is 5.89. The van der Waals surface area contributed by atoms with Gasteiger partial charge in [0.1, 0.15) is 6.04 Å². The van der Waals surface area contributed by atoms with Gasteiger partial charge in [0.25, 0.3) is 0 Å². The monoisotopic (exact) mass is 221 g/mol. The Bertz CT molecular complexity index is 345. The average Bonchev–Trinajstić information content (AvgIpc) is 2.26. The van der Waals surface area contributed by atoms with Crippen molar-refractivity contribution in [3.05, 3.63) is 35.4 Å². The SMILES string of the molecule is CCC(NC(C)c1ccc(C)cc1)C(=O)O. The van der Waals surface area contributed by atoms with Gasteiger partial charge in [-0.25, -0.2) is 0 Å². The number of carboxylic acids is 1. The Morgan fingerprint density at radius 1 is 1.38 bits per heavy atom. The number of hydrogen-bond acceptors (Lipinski definition) is 2. The molecule has 0 aromatic heterocycles. The Morgan fingerprint density at radius 3 is 2.38 bits per heavy atom. The minimum atomic E-state index is -0.790. The van der Waals surface area contributed by atoms with Crippen LogP contribution < -0.4 is 5.32 Å². The molecular weight excluding hydrogens is 202 g/mol. The summed E-state index contributed by atoms with van der Waals surface area (Å²) in [6, 6.07) is 7.71. The predicted molar refractivity (Wildman–Crippen MR) is 64.4 cm³/mol. The van der Waals surface area contributed by atoms with E-state index >= 15 is 0 Å². The molecule has 88 valence electrons. The number of carboxylic acid groups (broad SMARTS) is 1. The van der Waals surface area contributed by atoms with Gasteiger partial charge in [-0.15, -0.1) is 0 Å². The molecule has 0 heterocycles. The molecule has 0 bridgehead atoms. The fraction of sp³-hybridized carbons (Fsp3) is 0.462. The highest BCUT2D eigenvalue weighted by Gasteiger charge is 2.17. The maximum absolute atomic E-state index is 10.9. The summed E-state index contributed by atoms with van der Waals surface area (Å²) in [5, 5.41) is 12.1. The largest absolute Gasteiger partial charge is 0.480 e. The molecule has 1 aromatic carbocycles. The van der Waals surface area contributed by atoms with Crippen LogP contribution in [0.5, 0.6) is 0 Å². The van der Waals surface area contributed by atoms with E-state index in [2.05, 4.69) is 5.32 Å². The van der Waals surface area contributed by atoms with Crippen LogP contribution in [0.15, 0.2) is 24.3 Å². The highest BCUT2D eigenvalue weighted by atomic mass is 16.4. The lowest BCUT2D eigenvalue weighted by Gasteiger charge is -2.19. The van der Waals surface area contributed by atoms with Gasteiger partial charge in [0, 0.05) is 6.04 Å². The molecule has 2 unspecified atom stereocenters. The third kappa shape index (κ3) is 3.35. The van der Waals surface area contributed by atoms with Gasteiger partial charge in [-0.05, 0) is 25.8 Å². The zero-order valence-corrected chi connectivity index (χ0v) is 10.0. The highest BCUT2D eigenvalue weighted by Crippen LogP contribution is 2.14. The molecule has 1 rings (SSSR count). The molecule has 2 atom stereocenters. The van der Waals surface area contributed by atoms with Crippen LogP contribution in [0.4, 0.5) is 0 Å². The van der Waals surface area contributed by atoms with Crippen molar-refractivity contribution in [3.63, 3.8) is 0 Å². The molecule has 0 aliphatic heterocycles. The molecule has 0 radical (unpaired) electrons. The molecule has 0 spiro atoms. The Morgan fingerprint density at radius 2 is 1.94 bits per heavy atom. The number of nitrogens with one attached hydrogen (secondary N) is 1. The molecule has 16 heavy (non-hydrogen) atoms. The Balaban J connectivity index is 2.67. The van der Waals surface area contributed by atoms with Crippen molar-refractivity contribution in [2.45, 2.75) is 39.3 Å². The van der Waals surface area contributed by atoms with E-state index in [1.165, 1.54) is 5.56 Å². The fourth-order valence-corrected chi connectivity index (χ4v) is 1.62. The van der Waals surface area contributed by atoms with Gasteiger partial charge in [-0.1, -0.05) is 36.8 Å². The van der Waals surface area contributed by atoms with E-state index in [0.717, 1.165) is 5.56 Å². The maximum atomic E-state index is 10.9. The van der Waals surface area contributed by atoms with Crippen molar-refractivity contribution >= 4 is 5.97 Å². The summed E-state index contributed by atoms with van der Waals surface area (Å²) in [7, 11) is 0. The second-order valence-corrected chi connectivity index (χ2v) is 4.10.